The lowest BCUT2D eigenvalue weighted by Crippen LogP contribution is -2.48. The van der Waals surface area contributed by atoms with Gasteiger partial charge in [-0.15, -0.1) is 0 Å². The van der Waals surface area contributed by atoms with Crippen LogP contribution in [0.15, 0.2) is 71.2 Å². The molecule has 0 N–H and O–H groups in total. The minimum absolute atomic E-state index is 0.192. The van der Waals surface area contributed by atoms with Crippen molar-refractivity contribution in [2.75, 3.05) is 16.9 Å². The summed E-state index contributed by atoms with van der Waals surface area (Å²) < 4.78 is 5.94. The van der Waals surface area contributed by atoms with Gasteiger partial charge >= 0.3 is 0 Å². The normalized spacial score (nSPS) is 23.7. The van der Waals surface area contributed by atoms with E-state index in [2.05, 4.69) is 15.9 Å². The average molecular weight is 598 g/mol. The summed E-state index contributed by atoms with van der Waals surface area (Å²) in [6.07, 6.45) is 3.86. The van der Waals surface area contributed by atoms with Gasteiger partial charge in [-0.2, -0.15) is 0 Å². The first-order valence-corrected chi connectivity index (χ1v) is 13.1. The third-order valence-electron chi connectivity index (χ3n) is 7.27. The summed E-state index contributed by atoms with van der Waals surface area (Å²) in [5, 5.41) is 0.585. The molecule has 3 aliphatic rings. The topological polar surface area (TPSA) is 66.9 Å². The smallest absolute Gasteiger partial charge is 0.240 e. The van der Waals surface area contributed by atoms with E-state index in [0.29, 0.717) is 20.8 Å². The minimum Gasteiger partial charge on any atom is -0.496 e. The number of rotatable bonds is 4. The zero-order chi connectivity index (χ0) is 26.0. The van der Waals surface area contributed by atoms with Gasteiger partial charge in [0.25, 0.3) is 0 Å². The van der Waals surface area contributed by atoms with E-state index in [1.165, 1.54) is 6.07 Å². The molecule has 2 amide bonds. The van der Waals surface area contributed by atoms with Crippen LogP contribution in [0.4, 0.5) is 11.4 Å². The number of carbonyl (C=O) groups is 3. The molecule has 9 heteroatoms. The Kier molecular flexibility index (Phi) is 5.90. The summed E-state index contributed by atoms with van der Waals surface area (Å²) >= 11 is 15.9. The monoisotopic (exact) mass is 596 g/mol. The number of Topliss-reactive ketones (excluding diaryl/α,β-unsaturated/α-hetero) is 1. The number of ketones is 1. The van der Waals surface area contributed by atoms with Gasteiger partial charge in [-0.1, -0.05) is 53.6 Å². The minimum atomic E-state index is -0.895. The van der Waals surface area contributed by atoms with Gasteiger partial charge in [-0.3, -0.25) is 14.4 Å². The maximum atomic E-state index is 14.2. The number of amides is 2. The first-order valence-electron chi connectivity index (χ1n) is 11.6. The van der Waals surface area contributed by atoms with Crippen LogP contribution in [0.25, 0.3) is 6.08 Å². The predicted molar refractivity (Wildman–Crippen MR) is 146 cm³/mol. The number of benzene rings is 3. The van der Waals surface area contributed by atoms with Gasteiger partial charge in [0.15, 0.2) is 5.78 Å². The third kappa shape index (κ3) is 3.63. The fourth-order valence-corrected chi connectivity index (χ4v) is 6.74. The molecule has 0 aromatic heterocycles. The predicted octanol–water partition coefficient (Wildman–Crippen LogP) is 6.04. The van der Waals surface area contributed by atoms with Crippen LogP contribution in [-0.2, 0) is 9.59 Å². The SMILES string of the molecule is COc1ccc(C(=O)[C@@H]2[C@@H]3C(=O)N(c4ccc(Cl)cc4Cl)C(=O)[C@H]3[C@@H]3C=Cc4ccccc4N23)cc1Br. The van der Waals surface area contributed by atoms with Crippen LogP contribution in [0.5, 0.6) is 5.75 Å². The fourth-order valence-electron chi connectivity index (χ4n) is 5.70. The first-order chi connectivity index (χ1) is 17.8. The molecule has 4 atom stereocenters. The number of hydrogen-bond donors (Lipinski definition) is 0. The lowest BCUT2D eigenvalue weighted by molar-refractivity contribution is -0.122. The molecule has 2 fully saturated rings. The molecule has 37 heavy (non-hydrogen) atoms. The van der Waals surface area contributed by atoms with Crippen LogP contribution in [0, 0.1) is 11.8 Å². The van der Waals surface area contributed by atoms with Crippen LogP contribution >= 0.6 is 39.1 Å². The summed E-state index contributed by atoms with van der Waals surface area (Å²) in [6, 6.07) is 16.0. The number of imide groups is 1. The quantitative estimate of drug-likeness (QED) is 0.271. The summed E-state index contributed by atoms with van der Waals surface area (Å²) in [5.41, 5.74) is 2.41. The Morgan fingerprint density at radius 1 is 0.946 bits per heavy atom. The lowest BCUT2D eigenvalue weighted by atomic mass is 9.86. The molecule has 6 nitrogen and oxygen atoms in total. The second-order valence-corrected chi connectivity index (χ2v) is 10.8. The number of halogens is 3. The maximum absolute atomic E-state index is 14.2. The molecule has 0 spiro atoms. The summed E-state index contributed by atoms with van der Waals surface area (Å²) in [6.45, 7) is 0. The van der Waals surface area contributed by atoms with Crippen molar-refractivity contribution in [1.82, 2.24) is 0 Å². The van der Waals surface area contributed by atoms with Crippen molar-refractivity contribution >= 4 is 74.2 Å². The van der Waals surface area contributed by atoms with Crippen LogP contribution in [0.1, 0.15) is 15.9 Å². The lowest BCUT2D eigenvalue weighted by Gasteiger charge is -2.36. The van der Waals surface area contributed by atoms with Gasteiger partial charge in [0.2, 0.25) is 11.8 Å². The first kappa shape index (κ1) is 24.2. The van der Waals surface area contributed by atoms with Crippen LogP contribution in [-0.4, -0.2) is 36.8 Å². The molecule has 0 bridgehead atoms. The van der Waals surface area contributed by atoms with E-state index < -0.39 is 29.8 Å². The largest absolute Gasteiger partial charge is 0.496 e. The van der Waals surface area contributed by atoms with Crippen molar-refractivity contribution in [3.8, 4) is 5.75 Å². The molecule has 0 radical (unpaired) electrons. The Balaban J connectivity index is 1.49. The zero-order valence-electron chi connectivity index (χ0n) is 19.4. The molecule has 3 heterocycles. The maximum Gasteiger partial charge on any atom is 0.240 e. The molecular weight excluding hydrogens is 579 g/mol. The average Bonchev–Trinajstić information content (AvgIpc) is 3.36. The molecule has 3 aromatic rings. The highest BCUT2D eigenvalue weighted by Gasteiger charge is 2.64. The van der Waals surface area contributed by atoms with E-state index in [1.807, 2.05) is 41.3 Å². The molecule has 6 rings (SSSR count). The van der Waals surface area contributed by atoms with Crippen molar-refractivity contribution in [3.63, 3.8) is 0 Å². The van der Waals surface area contributed by atoms with Crippen molar-refractivity contribution < 1.29 is 19.1 Å². The second-order valence-electron chi connectivity index (χ2n) is 9.13. The Labute approximate surface area is 231 Å². The number of hydrogen-bond acceptors (Lipinski definition) is 5. The Morgan fingerprint density at radius 3 is 2.43 bits per heavy atom. The molecule has 186 valence electrons. The molecule has 3 aromatic carbocycles. The van der Waals surface area contributed by atoms with Crippen molar-refractivity contribution in [2.45, 2.75) is 12.1 Å². The van der Waals surface area contributed by atoms with Crippen molar-refractivity contribution in [2.24, 2.45) is 11.8 Å². The standard InChI is InChI=1S/C28H19BrCl2N2O4/c1-37-22-11-7-15(12-17(22)29)26(34)25-24-23(21-9-6-14-4-2-3-5-19(14)32(21)25)27(35)33(28(24)36)20-10-8-16(30)13-18(20)31/h2-13,21,23-25H,1H3/t21-,23-,24+,25-/m0/s1. The Morgan fingerprint density at radius 2 is 1.70 bits per heavy atom. The second kappa shape index (κ2) is 9.01. The number of para-hydroxylation sites is 1. The highest BCUT2D eigenvalue weighted by molar-refractivity contribution is 9.10. The zero-order valence-corrected chi connectivity index (χ0v) is 22.5. The van der Waals surface area contributed by atoms with Crippen molar-refractivity contribution in [3.05, 3.63) is 92.4 Å². The van der Waals surface area contributed by atoms with E-state index in [9.17, 15) is 14.4 Å². The molecule has 0 saturated carbocycles. The molecule has 0 unspecified atom stereocenters. The van der Waals surface area contributed by atoms with E-state index in [0.717, 1.165) is 16.2 Å². The van der Waals surface area contributed by atoms with Gasteiger partial charge in [0.05, 0.1) is 40.2 Å². The van der Waals surface area contributed by atoms with E-state index in [-0.39, 0.29) is 22.4 Å². The van der Waals surface area contributed by atoms with E-state index in [1.54, 1.807) is 37.4 Å². The van der Waals surface area contributed by atoms with Crippen molar-refractivity contribution in [1.29, 1.82) is 0 Å². The Bertz CT molecular complexity index is 1520. The fraction of sp³-hybridized carbons (Fsp3) is 0.179. The number of ether oxygens (including phenoxy) is 1. The van der Waals surface area contributed by atoms with Gasteiger partial charge in [-0.25, -0.2) is 4.90 Å². The van der Waals surface area contributed by atoms with Gasteiger partial charge < -0.3 is 9.64 Å². The number of carbonyl (C=O) groups excluding carboxylic acids is 3. The van der Waals surface area contributed by atoms with E-state index in [4.69, 9.17) is 27.9 Å². The highest BCUT2D eigenvalue weighted by Crippen LogP contribution is 2.50. The van der Waals surface area contributed by atoms with E-state index >= 15 is 0 Å². The number of methoxy groups -OCH3 is 1. The number of fused-ring (bicyclic) bond motifs is 5. The summed E-state index contributed by atoms with van der Waals surface area (Å²) in [7, 11) is 1.55. The molecule has 2 saturated heterocycles. The summed E-state index contributed by atoms with van der Waals surface area (Å²) in [4.78, 5) is 45.1. The van der Waals surface area contributed by atoms with Gasteiger partial charge in [0, 0.05) is 16.3 Å². The molecule has 3 aliphatic heterocycles. The highest BCUT2D eigenvalue weighted by atomic mass is 79.9. The van der Waals surface area contributed by atoms with Crippen LogP contribution in [0.2, 0.25) is 10.0 Å². The number of nitrogens with zero attached hydrogens (tertiary/aromatic N) is 2. The molecular formula is C28H19BrCl2N2O4. The van der Waals surface area contributed by atoms with Gasteiger partial charge in [0.1, 0.15) is 11.8 Å². The molecule has 0 aliphatic carbocycles. The number of anilines is 2. The van der Waals surface area contributed by atoms with Crippen LogP contribution in [0.3, 0.4) is 0 Å². The third-order valence-corrected chi connectivity index (χ3v) is 8.43. The van der Waals surface area contributed by atoms with Gasteiger partial charge in [-0.05, 0) is 64.0 Å². The Hall–Kier alpha value is -3.13. The van der Waals surface area contributed by atoms with Crippen LogP contribution < -0.4 is 14.5 Å². The summed E-state index contributed by atoms with van der Waals surface area (Å²) in [5.74, 6) is -2.15.